The highest BCUT2D eigenvalue weighted by molar-refractivity contribution is 6.04. The van der Waals surface area contributed by atoms with Crippen molar-refractivity contribution in [2.75, 3.05) is 12.4 Å². The second kappa shape index (κ2) is 7.29. The highest BCUT2D eigenvalue weighted by atomic mass is 19.4. The van der Waals surface area contributed by atoms with E-state index in [1.807, 2.05) is 0 Å². The van der Waals surface area contributed by atoms with Crippen LogP contribution in [0.4, 0.5) is 27.6 Å². The topological polar surface area (TPSA) is 56.2 Å². The Morgan fingerprint density at radius 3 is 2.57 bits per heavy atom. The summed E-state index contributed by atoms with van der Waals surface area (Å²) < 4.78 is 71.7. The number of alkyl halides is 3. The Labute approximate surface area is 155 Å². The standard InChI is InChI=1S/C18H12F5N3O2/c1-28-15-9-26(12-4-2-3-10(7-12)18(21,22)23)25-16(15)17(27)24-14-8-11(19)5-6-13(14)20/h2-9H,1H3,(H,24,27). The molecule has 0 aliphatic rings. The van der Waals surface area contributed by atoms with Crippen LogP contribution in [0, 0.1) is 11.6 Å². The zero-order valence-electron chi connectivity index (χ0n) is 14.2. The number of anilines is 1. The van der Waals surface area contributed by atoms with Crippen LogP contribution in [0.3, 0.4) is 0 Å². The van der Waals surface area contributed by atoms with Gasteiger partial charge in [-0.05, 0) is 30.3 Å². The van der Waals surface area contributed by atoms with Crippen molar-refractivity contribution in [2.24, 2.45) is 0 Å². The van der Waals surface area contributed by atoms with Crippen LogP contribution >= 0.6 is 0 Å². The molecule has 3 rings (SSSR count). The molecular weight excluding hydrogens is 385 g/mol. The molecule has 2 aromatic carbocycles. The number of amides is 1. The third-order valence-electron chi connectivity index (χ3n) is 3.73. The van der Waals surface area contributed by atoms with Crippen molar-refractivity contribution in [1.29, 1.82) is 0 Å². The average Bonchev–Trinajstić information content (AvgIpc) is 3.09. The van der Waals surface area contributed by atoms with E-state index >= 15 is 0 Å². The van der Waals surface area contributed by atoms with Crippen LogP contribution in [0.1, 0.15) is 16.1 Å². The lowest BCUT2D eigenvalue weighted by Gasteiger charge is -2.08. The van der Waals surface area contributed by atoms with Crippen molar-refractivity contribution in [3.63, 3.8) is 0 Å². The van der Waals surface area contributed by atoms with Gasteiger partial charge in [0.2, 0.25) is 0 Å². The van der Waals surface area contributed by atoms with E-state index in [1.165, 1.54) is 25.4 Å². The maximum absolute atomic E-state index is 13.7. The van der Waals surface area contributed by atoms with Crippen LogP contribution in [0.15, 0.2) is 48.7 Å². The van der Waals surface area contributed by atoms with Crippen LogP contribution < -0.4 is 10.1 Å². The predicted molar refractivity (Wildman–Crippen MR) is 89.4 cm³/mol. The van der Waals surface area contributed by atoms with Crippen molar-refractivity contribution >= 4 is 11.6 Å². The number of ether oxygens (including phenoxy) is 1. The van der Waals surface area contributed by atoms with E-state index in [1.54, 1.807) is 0 Å². The second-order valence-electron chi connectivity index (χ2n) is 5.62. The van der Waals surface area contributed by atoms with Gasteiger partial charge in [-0.15, -0.1) is 0 Å². The van der Waals surface area contributed by atoms with Crippen molar-refractivity contribution in [3.05, 3.63) is 71.6 Å². The summed E-state index contributed by atoms with van der Waals surface area (Å²) in [7, 11) is 1.23. The molecule has 0 radical (unpaired) electrons. The monoisotopic (exact) mass is 397 g/mol. The number of carbonyl (C=O) groups is 1. The largest absolute Gasteiger partial charge is 0.493 e. The van der Waals surface area contributed by atoms with Gasteiger partial charge in [-0.1, -0.05) is 6.07 Å². The molecule has 0 saturated heterocycles. The lowest BCUT2D eigenvalue weighted by atomic mass is 10.2. The summed E-state index contributed by atoms with van der Waals surface area (Å²) in [4.78, 5) is 12.4. The number of aromatic nitrogens is 2. The Balaban J connectivity index is 1.95. The van der Waals surface area contributed by atoms with Gasteiger partial charge in [-0.25, -0.2) is 13.5 Å². The highest BCUT2D eigenvalue weighted by Crippen LogP contribution is 2.31. The number of nitrogens with one attached hydrogen (secondary N) is 1. The predicted octanol–water partition coefficient (Wildman–Crippen LogP) is 4.43. The van der Waals surface area contributed by atoms with Crippen LogP contribution in [0.5, 0.6) is 5.75 Å². The van der Waals surface area contributed by atoms with Crippen LogP contribution in [0.25, 0.3) is 5.69 Å². The van der Waals surface area contributed by atoms with E-state index in [4.69, 9.17) is 4.74 Å². The molecule has 1 N–H and O–H groups in total. The van der Waals surface area contributed by atoms with E-state index in [0.29, 0.717) is 0 Å². The number of hydrogen-bond donors (Lipinski definition) is 1. The minimum absolute atomic E-state index is 0.0316. The normalized spacial score (nSPS) is 11.4. The van der Waals surface area contributed by atoms with Gasteiger partial charge in [-0.2, -0.15) is 18.3 Å². The molecule has 5 nitrogen and oxygen atoms in total. The molecule has 0 fully saturated rings. The second-order valence-corrected chi connectivity index (χ2v) is 5.62. The molecule has 1 aromatic heterocycles. The van der Waals surface area contributed by atoms with E-state index < -0.39 is 35.0 Å². The smallest absolute Gasteiger partial charge is 0.416 e. The average molecular weight is 397 g/mol. The summed E-state index contributed by atoms with van der Waals surface area (Å²) in [5.41, 5.74) is -1.60. The Morgan fingerprint density at radius 1 is 1.14 bits per heavy atom. The molecular formula is C18H12F5N3O2. The first kappa shape index (κ1) is 19.3. The maximum atomic E-state index is 13.7. The summed E-state index contributed by atoms with van der Waals surface area (Å²) in [6, 6.07) is 6.79. The first-order chi connectivity index (χ1) is 13.2. The quantitative estimate of drug-likeness (QED) is 0.663. The first-order valence-electron chi connectivity index (χ1n) is 7.76. The Morgan fingerprint density at radius 2 is 1.89 bits per heavy atom. The number of halogens is 5. The van der Waals surface area contributed by atoms with Gasteiger partial charge in [0.15, 0.2) is 11.4 Å². The van der Waals surface area contributed by atoms with Gasteiger partial charge in [0.25, 0.3) is 5.91 Å². The molecule has 0 spiro atoms. The minimum atomic E-state index is -4.55. The number of rotatable bonds is 4. The molecule has 0 aliphatic heterocycles. The zero-order chi connectivity index (χ0) is 20.5. The fraction of sp³-hybridized carbons (Fsp3) is 0.111. The summed E-state index contributed by atoms with van der Waals surface area (Å²) in [6.45, 7) is 0. The Kier molecular flexibility index (Phi) is 5.04. The van der Waals surface area contributed by atoms with E-state index in [2.05, 4.69) is 10.4 Å². The first-order valence-corrected chi connectivity index (χ1v) is 7.76. The van der Waals surface area contributed by atoms with Gasteiger partial charge >= 0.3 is 6.18 Å². The van der Waals surface area contributed by atoms with Crippen molar-refractivity contribution in [2.45, 2.75) is 6.18 Å². The number of benzene rings is 2. The van der Waals surface area contributed by atoms with Gasteiger partial charge < -0.3 is 10.1 Å². The van der Waals surface area contributed by atoms with Crippen LogP contribution in [-0.2, 0) is 6.18 Å². The number of carbonyl (C=O) groups excluding carboxylic acids is 1. The number of hydrogen-bond acceptors (Lipinski definition) is 3. The lowest BCUT2D eigenvalue weighted by Crippen LogP contribution is -2.15. The fourth-order valence-corrected chi connectivity index (χ4v) is 2.40. The van der Waals surface area contributed by atoms with Crippen LogP contribution in [0.2, 0.25) is 0 Å². The molecule has 0 unspecified atom stereocenters. The summed E-state index contributed by atoms with van der Waals surface area (Å²) in [5, 5.41) is 6.07. The molecule has 0 bridgehead atoms. The molecule has 0 aliphatic carbocycles. The zero-order valence-corrected chi connectivity index (χ0v) is 14.2. The lowest BCUT2D eigenvalue weighted by molar-refractivity contribution is -0.137. The van der Waals surface area contributed by atoms with E-state index in [-0.39, 0.29) is 17.1 Å². The van der Waals surface area contributed by atoms with Crippen LogP contribution in [-0.4, -0.2) is 22.8 Å². The van der Waals surface area contributed by atoms with Gasteiger partial charge in [0, 0.05) is 6.07 Å². The minimum Gasteiger partial charge on any atom is -0.493 e. The van der Waals surface area contributed by atoms with Crippen molar-refractivity contribution in [3.8, 4) is 11.4 Å². The number of methoxy groups -OCH3 is 1. The summed E-state index contributed by atoms with van der Waals surface area (Å²) in [6.07, 6.45) is -3.35. The SMILES string of the molecule is COc1cn(-c2cccc(C(F)(F)F)c2)nc1C(=O)Nc1cc(F)ccc1F. The van der Waals surface area contributed by atoms with Gasteiger partial charge in [-0.3, -0.25) is 4.79 Å². The number of nitrogens with zero attached hydrogens (tertiary/aromatic N) is 2. The van der Waals surface area contributed by atoms with Gasteiger partial charge in [0.1, 0.15) is 11.6 Å². The highest BCUT2D eigenvalue weighted by Gasteiger charge is 2.30. The Bertz CT molecular complexity index is 1030. The molecule has 28 heavy (non-hydrogen) atoms. The summed E-state index contributed by atoms with van der Waals surface area (Å²) in [5.74, 6) is -2.62. The molecule has 10 heteroatoms. The molecule has 0 saturated carbocycles. The van der Waals surface area contributed by atoms with Gasteiger partial charge in [0.05, 0.1) is 30.2 Å². The third-order valence-corrected chi connectivity index (χ3v) is 3.73. The fourth-order valence-electron chi connectivity index (χ4n) is 2.40. The molecule has 1 amide bonds. The molecule has 1 heterocycles. The molecule has 0 atom stereocenters. The maximum Gasteiger partial charge on any atom is 0.416 e. The third kappa shape index (κ3) is 3.95. The van der Waals surface area contributed by atoms with E-state index in [9.17, 15) is 26.7 Å². The van der Waals surface area contributed by atoms with E-state index in [0.717, 1.165) is 35.0 Å². The molecule has 146 valence electrons. The van der Waals surface area contributed by atoms with Crippen molar-refractivity contribution in [1.82, 2.24) is 9.78 Å². The Hall–Kier alpha value is -3.43. The molecule has 3 aromatic rings. The summed E-state index contributed by atoms with van der Waals surface area (Å²) >= 11 is 0. The van der Waals surface area contributed by atoms with Crippen molar-refractivity contribution < 1.29 is 31.5 Å².